The minimum absolute atomic E-state index is 0.534. The van der Waals surface area contributed by atoms with Gasteiger partial charge in [-0.25, -0.2) is 0 Å². The number of nitrogens with zero attached hydrogens (tertiary/aromatic N) is 1. The van der Waals surface area contributed by atoms with Gasteiger partial charge < -0.3 is 9.05 Å². The molecule has 2 aromatic rings. The van der Waals surface area contributed by atoms with E-state index in [9.17, 15) is 0 Å². The summed E-state index contributed by atoms with van der Waals surface area (Å²) >= 11 is 18.2. The molecule has 0 saturated heterocycles. The average Bonchev–Trinajstić information content (AvgIpc) is 2.78. The lowest BCUT2D eigenvalue weighted by atomic mass is 10.3. The van der Waals surface area contributed by atoms with E-state index >= 15 is 0 Å². The first-order chi connectivity index (χ1) is 9.50. The molecule has 0 unspecified atom stereocenters. The van der Waals surface area contributed by atoms with Crippen molar-refractivity contribution in [2.75, 3.05) is 0 Å². The van der Waals surface area contributed by atoms with Gasteiger partial charge in [-0.2, -0.15) is 4.74 Å². The van der Waals surface area contributed by atoms with E-state index in [4.69, 9.17) is 43.9 Å². The molecule has 20 heavy (non-hydrogen) atoms. The van der Waals surface area contributed by atoms with Gasteiger partial charge in [-0.3, -0.25) is 0 Å². The van der Waals surface area contributed by atoms with Crippen molar-refractivity contribution in [3.05, 3.63) is 54.6 Å². The van der Waals surface area contributed by atoms with E-state index in [1.165, 1.54) is 0 Å². The maximum absolute atomic E-state index is 6.07. The summed E-state index contributed by atoms with van der Waals surface area (Å²) < 4.78 is 14.2. The molecule has 1 aliphatic heterocycles. The third kappa shape index (κ3) is 2.51. The largest absolute Gasteiger partial charge is 0.423 e. The Morgan fingerprint density at radius 1 is 0.800 bits per heavy atom. The second-order valence-corrected chi connectivity index (χ2v) is 9.40. The predicted molar refractivity (Wildman–Crippen MR) is 83.4 cm³/mol. The molecule has 0 bridgehead atoms. The van der Waals surface area contributed by atoms with Gasteiger partial charge in [0.05, 0.1) is 5.69 Å². The lowest BCUT2D eigenvalue weighted by molar-refractivity contribution is 0.555. The van der Waals surface area contributed by atoms with Gasteiger partial charge in [-0.1, -0.05) is 65.1 Å². The number of benzene rings is 2. The van der Waals surface area contributed by atoms with E-state index < -0.39 is 11.0 Å². The SMILES string of the molecule is ClC(Cl)(Cl)P1(=Nc2ccccc2)Oc2ccccc2O1. The van der Waals surface area contributed by atoms with E-state index in [1.54, 1.807) is 24.3 Å². The summed E-state index contributed by atoms with van der Waals surface area (Å²) in [4.78, 5) is 0. The molecule has 0 aliphatic carbocycles. The lowest BCUT2D eigenvalue weighted by Crippen LogP contribution is -2.10. The van der Waals surface area contributed by atoms with Crippen molar-refractivity contribution in [2.24, 2.45) is 4.74 Å². The Labute approximate surface area is 131 Å². The molecule has 3 rings (SSSR count). The molecule has 0 aromatic heterocycles. The summed E-state index contributed by atoms with van der Waals surface area (Å²) in [6, 6.07) is 16.3. The van der Waals surface area contributed by atoms with E-state index in [0.29, 0.717) is 17.2 Å². The molecule has 1 heterocycles. The highest BCUT2D eigenvalue weighted by atomic mass is 35.6. The second kappa shape index (κ2) is 5.16. The first-order valence-electron chi connectivity index (χ1n) is 5.73. The summed E-state index contributed by atoms with van der Waals surface area (Å²) in [5.41, 5.74) is 0.639. The van der Waals surface area contributed by atoms with Crippen LogP contribution < -0.4 is 9.05 Å². The highest BCUT2D eigenvalue weighted by Gasteiger charge is 2.52. The normalized spacial score (nSPS) is 15.9. The fourth-order valence-corrected chi connectivity index (χ4v) is 4.41. The van der Waals surface area contributed by atoms with Crippen molar-refractivity contribution in [3.8, 4) is 11.5 Å². The molecule has 0 N–H and O–H groups in total. The summed E-state index contributed by atoms with van der Waals surface area (Å²) in [6.45, 7) is 0. The highest BCUT2D eigenvalue weighted by molar-refractivity contribution is 7.66. The van der Waals surface area contributed by atoms with Crippen LogP contribution in [0.15, 0.2) is 59.3 Å². The Hall–Kier alpha value is -0.860. The van der Waals surface area contributed by atoms with E-state index in [1.807, 2.05) is 30.3 Å². The Kier molecular flexibility index (Phi) is 3.64. The van der Waals surface area contributed by atoms with Crippen LogP contribution in [0.2, 0.25) is 0 Å². The van der Waals surface area contributed by atoms with Crippen LogP contribution in [0.4, 0.5) is 5.69 Å². The van der Waals surface area contributed by atoms with Gasteiger partial charge in [-0.15, -0.1) is 0 Å². The van der Waals surface area contributed by atoms with Gasteiger partial charge >= 0.3 is 7.51 Å². The van der Waals surface area contributed by atoms with Gasteiger partial charge in [0.1, 0.15) is 0 Å². The zero-order valence-electron chi connectivity index (χ0n) is 10.0. The fourth-order valence-electron chi connectivity index (χ4n) is 1.73. The maximum atomic E-state index is 6.07. The molecule has 0 amide bonds. The van der Waals surface area contributed by atoms with Gasteiger partial charge in [0.25, 0.3) is 3.53 Å². The Bertz CT molecular complexity index is 657. The number of para-hydroxylation sites is 2. The van der Waals surface area contributed by atoms with Crippen molar-refractivity contribution in [1.82, 2.24) is 0 Å². The number of hydrogen-bond acceptors (Lipinski definition) is 3. The van der Waals surface area contributed by atoms with Crippen molar-refractivity contribution >= 4 is 48.0 Å². The van der Waals surface area contributed by atoms with Gasteiger partial charge in [-0.05, 0) is 24.3 Å². The summed E-state index contributed by atoms with van der Waals surface area (Å²) in [7, 11) is -3.11. The third-order valence-corrected chi connectivity index (χ3v) is 6.56. The lowest BCUT2D eigenvalue weighted by Gasteiger charge is -2.23. The molecule has 3 nitrogen and oxygen atoms in total. The zero-order valence-corrected chi connectivity index (χ0v) is 13.2. The summed E-state index contributed by atoms with van der Waals surface area (Å²) in [5, 5.41) is 0. The predicted octanol–water partition coefficient (Wildman–Crippen LogP) is 6.15. The molecule has 0 fully saturated rings. The summed E-state index contributed by atoms with van der Waals surface area (Å²) in [6.07, 6.45) is 0. The Balaban J connectivity index is 2.13. The van der Waals surface area contributed by atoms with Crippen LogP contribution in [0, 0.1) is 0 Å². The second-order valence-electron chi connectivity index (χ2n) is 4.05. The van der Waals surface area contributed by atoms with E-state index in [2.05, 4.69) is 4.74 Å². The van der Waals surface area contributed by atoms with Crippen LogP contribution in [0.1, 0.15) is 0 Å². The molecule has 0 atom stereocenters. The monoisotopic (exact) mass is 347 g/mol. The van der Waals surface area contributed by atoms with Crippen molar-refractivity contribution in [2.45, 2.75) is 3.53 Å². The highest BCUT2D eigenvalue weighted by Crippen LogP contribution is 2.73. The third-order valence-electron chi connectivity index (χ3n) is 2.62. The van der Waals surface area contributed by atoms with Crippen LogP contribution in [0.5, 0.6) is 11.5 Å². The first kappa shape index (κ1) is 14.1. The number of hydrogen-bond donors (Lipinski definition) is 0. The molecule has 0 radical (unpaired) electrons. The van der Waals surface area contributed by atoms with Crippen LogP contribution in [-0.4, -0.2) is 3.53 Å². The van der Waals surface area contributed by atoms with Gasteiger partial charge in [0.2, 0.25) is 0 Å². The topological polar surface area (TPSA) is 30.8 Å². The minimum atomic E-state index is -3.11. The quantitative estimate of drug-likeness (QED) is 0.457. The number of alkyl halides is 3. The average molecular weight is 349 g/mol. The van der Waals surface area contributed by atoms with E-state index in [0.717, 1.165) is 0 Å². The van der Waals surface area contributed by atoms with Crippen molar-refractivity contribution < 1.29 is 9.05 Å². The molecular formula is C13H9Cl3NO2P. The van der Waals surface area contributed by atoms with Crippen molar-refractivity contribution in [1.29, 1.82) is 0 Å². The van der Waals surface area contributed by atoms with Crippen LogP contribution in [0.3, 0.4) is 0 Å². The Morgan fingerprint density at radius 3 is 1.80 bits per heavy atom. The van der Waals surface area contributed by atoms with Crippen molar-refractivity contribution in [3.63, 3.8) is 0 Å². The molecular weight excluding hydrogens is 339 g/mol. The van der Waals surface area contributed by atoms with E-state index in [-0.39, 0.29) is 0 Å². The smallest absolute Gasteiger partial charge is 0.372 e. The first-order valence-corrected chi connectivity index (χ1v) is 8.44. The molecule has 7 heteroatoms. The number of fused-ring (bicyclic) bond motifs is 1. The minimum Gasteiger partial charge on any atom is -0.423 e. The number of rotatable bonds is 1. The molecule has 1 aliphatic rings. The molecule has 104 valence electrons. The Morgan fingerprint density at radius 2 is 1.30 bits per heavy atom. The molecule has 0 spiro atoms. The van der Waals surface area contributed by atoms with Gasteiger partial charge in [0.15, 0.2) is 11.5 Å². The van der Waals surface area contributed by atoms with Gasteiger partial charge in [0, 0.05) is 0 Å². The van der Waals surface area contributed by atoms with Crippen LogP contribution >= 0.6 is 42.3 Å². The standard InChI is InChI=1S/C13H9Cl3NO2P/c14-13(15,16)20(17-10-6-2-1-3-7-10)18-11-8-4-5-9-12(11)19-20/h1-9H. The van der Waals surface area contributed by atoms with Crippen LogP contribution in [0.25, 0.3) is 0 Å². The molecule has 2 aromatic carbocycles. The summed E-state index contributed by atoms with van der Waals surface area (Å²) in [5.74, 6) is 1.07. The zero-order chi connectivity index (χ0) is 14.2. The molecule has 0 saturated carbocycles. The maximum Gasteiger partial charge on any atom is 0.372 e. The van der Waals surface area contributed by atoms with Crippen LogP contribution in [-0.2, 0) is 0 Å². The number of halogens is 3. The fraction of sp³-hybridized carbons (Fsp3) is 0.0769.